The molecule has 0 radical (unpaired) electrons. The van der Waals surface area contributed by atoms with Crippen molar-refractivity contribution in [3.05, 3.63) is 35.1 Å². The Morgan fingerprint density at radius 1 is 1.47 bits per heavy atom. The smallest absolute Gasteiger partial charge is 0.248 e. The Morgan fingerprint density at radius 3 is 2.68 bits per heavy atom. The van der Waals surface area contributed by atoms with E-state index in [2.05, 4.69) is 0 Å². The number of hydrogen-bond donors (Lipinski definition) is 2. The summed E-state index contributed by atoms with van der Waals surface area (Å²) in [6, 6.07) is 4.29. The lowest BCUT2D eigenvalue weighted by Crippen LogP contribution is -2.62. The lowest BCUT2D eigenvalue weighted by atomic mass is 9.88. The predicted octanol–water partition coefficient (Wildman–Crippen LogP) is 0.881. The zero-order valence-corrected chi connectivity index (χ0v) is 10.6. The molecular weight excluding hydrogens is 247 g/mol. The van der Waals surface area contributed by atoms with Crippen LogP contribution in [0, 0.1) is 11.7 Å². The fraction of sp³-hybridized carbons (Fsp3) is 0.500. The predicted molar refractivity (Wildman–Crippen MR) is 67.9 cm³/mol. The van der Waals surface area contributed by atoms with Gasteiger partial charge in [0.25, 0.3) is 0 Å². The third kappa shape index (κ3) is 2.35. The van der Waals surface area contributed by atoms with Crippen LogP contribution in [0.3, 0.4) is 0 Å². The van der Waals surface area contributed by atoms with Gasteiger partial charge in [0, 0.05) is 30.8 Å². The Labute approximate surface area is 111 Å². The molecule has 1 aliphatic carbocycles. The maximum Gasteiger partial charge on any atom is 0.248 e. The van der Waals surface area contributed by atoms with Gasteiger partial charge in [0.2, 0.25) is 5.91 Å². The maximum atomic E-state index is 13.8. The molecule has 0 atom stereocenters. The van der Waals surface area contributed by atoms with Crippen LogP contribution >= 0.6 is 0 Å². The highest BCUT2D eigenvalue weighted by Gasteiger charge is 2.51. The SMILES string of the molecule is NC(=O)c1ccc(CN2CC(O)(C3CC3)C2)c(F)c1. The van der Waals surface area contributed by atoms with Crippen molar-refractivity contribution in [3.63, 3.8) is 0 Å². The summed E-state index contributed by atoms with van der Waals surface area (Å²) in [6.07, 6.45) is 2.21. The molecule has 1 heterocycles. The topological polar surface area (TPSA) is 66.6 Å². The molecule has 0 bridgehead atoms. The van der Waals surface area contributed by atoms with Gasteiger partial charge in [-0.25, -0.2) is 4.39 Å². The third-order valence-electron chi connectivity index (χ3n) is 4.06. The van der Waals surface area contributed by atoms with Crippen molar-refractivity contribution in [2.45, 2.75) is 25.0 Å². The van der Waals surface area contributed by atoms with Crippen LogP contribution in [0.5, 0.6) is 0 Å². The summed E-state index contributed by atoms with van der Waals surface area (Å²) in [6.45, 7) is 1.67. The minimum Gasteiger partial charge on any atom is -0.387 e. The van der Waals surface area contributed by atoms with Crippen LogP contribution in [0.4, 0.5) is 4.39 Å². The summed E-state index contributed by atoms with van der Waals surface area (Å²) < 4.78 is 13.8. The molecule has 5 heteroatoms. The summed E-state index contributed by atoms with van der Waals surface area (Å²) in [5.74, 6) is -0.610. The number of hydrogen-bond acceptors (Lipinski definition) is 3. The molecule has 1 aliphatic heterocycles. The highest BCUT2D eigenvalue weighted by Crippen LogP contribution is 2.44. The van der Waals surface area contributed by atoms with Crippen molar-refractivity contribution in [2.24, 2.45) is 11.7 Å². The van der Waals surface area contributed by atoms with E-state index in [1.807, 2.05) is 4.90 Å². The quantitative estimate of drug-likeness (QED) is 0.848. The molecule has 0 unspecified atom stereocenters. The number of nitrogens with two attached hydrogens (primary N) is 1. The van der Waals surface area contributed by atoms with E-state index in [1.165, 1.54) is 12.1 Å². The highest BCUT2D eigenvalue weighted by atomic mass is 19.1. The summed E-state index contributed by atoms with van der Waals surface area (Å²) in [5, 5.41) is 10.2. The van der Waals surface area contributed by atoms with Crippen LogP contribution in [0.25, 0.3) is 0 Å². The van der Waals surface area contributed by atoms with Crippen molar-refractivity contribution >= 4 is 5.91 Å². The number of halogens is 1. The molecule has 1 amide bonds. The van der Waals surface area contributed by atoms with Crippen LogP contribution in [-0.4, -0.2) is 34.6 Å². The van der Waals surface area contributed by atoms with Crippen LogP contribution in [0.15, 0.2) is 18.2 Å². The van der Waals surface area contributed by atoms with Gasteiger partial charge >= 0.3 is 0 Å². The van der Waals surface area contributed by atoms with Crippen molar-refractivity contribution < 1.29 is 14.3 Å². The number of likely N-dealkylation sites (tertiary alicyclic amines) is 1. The number of rotatable bonds is 4. The lowest BCUT2D eigenvalue weighted by molar-refractivity contribution is -0.116. The lowest BCUT2D eigenvalue weighted by Gasteiger charge is -2.47. The molecule has 1 aromatic carbocycles. The summed E-state index contributed by atoms with van der Waals surface area (Å²) >= 11 is 0. The molecule has 0 spiro atoms. The van der Waals surface area contributed by atoms with E-state index in [1.54, 1.807) is 6.07 Å². The van der Waals surface area contributed by atoms with Crippen molar-refractivity contribution in [3.8, 4) is 0 Å². The Bertz CT molecular complexity index is 522. The van der Waals surface area contributed by atoms with Gasteiger partial charge in [-0.05, 0) is 30.9 Å². The Hall–Kier alpha value is -1.46. The van der Waals surface area contributed by atoms with E-state index in [9.17, 15) is 14.3 Å². The molecule has 1 saturated heterocycles. The molecule has 102 valence electrons. The normalized spacial score (nSPS) is 22.0. The molecule has 1 saturated carbocycles. The van der Waals surface area contributed by atoms with E-state index >= 15 is 0 Å². The van der Waals surface area contributed by atoms with Crippen LogP contribution in [0.2, 0.25) is 0 Å². The zero-order valence-electron chi connectivity index (χ0n) is 10.6. The van der Waals surface area contributed by atoms with Crippen molar-refractivity contribution in [1.29, 1.82) is 0 Å². The minimum absolute atomic E-state index is 0.180. The number of primary amides is 1. The molecular formula is C14H17FN2O2. The minimum atomic E-state index is -0.627. The van der Waals surface area contributed by atoms with Gasteiger partial charge in [0.15, 0.2) is 0 Å². The van der Waals surface area contributed by atoms with E-state index in [0.717, 1.165) is 12.8 Å². The molecule has 19 heavy (non-hydrogen) atoms. The molecule has 2 fully saturated rings. The summed E-state index contributed by atoms with van der Waals surface area (Å²) in [5.41, 5.74) is 5.26. The number of carbonyl (C=O) groups excluding carboxylic acids is 1. The number of benzene rings is 1. The fourth-order valence-electron chi connectivity index (χ4n) is 2.79. The fourth-order valence-corrected chi connectivity index (χ4v) is 2.79. The van der Waals surface area contributed by atoms with E-state index < -0.39 is 17.3 Å². The average molecular weight is 264 g/mol. The number of aliphatic hydroxyl groups is 1. The average Bonchev–Trinajstić information content (AvgIpc) is 3.13. The highest BCUT2D eigenvalue weighted by molar-refractivity contribution is 5.92. The molecule has 3 N–H and O–H groups in total. The first-order valence-electron chi connectivity index (χ1n) is 6.51. The number of carbonyl (C=O) groups is 1. The van der Waals surface area contributed by atoms with Crippen molar-refractivity contribution in [2.75, 3.05) is 13.1 Å². The molecule has 4 nitrogen and oxygen atoms in total. The zero-order chi connectivity index (χ0) is 13.6. The van der Waals surface area contributed by atoms with E-state index in [0.29, 0.717) is 31.1 Å². The third-order valence-corrected chi connectivity index (χ3v) is 4.06. The van der Waals surface area contributed by atoms with Gasteiger partial charge in [0.05, 0.1) is 5.60 Å². The maximum absolute atomic E-state index is 13.8. The second-order valence-electron chi connectivity index (χ2n) is 5.69. The van der Waals surface area contributed by atoms with Crippen LogP contribution in [0.1, 0.15) is 28.8 Å². The van der Waals surface area contributed by atoms with Crippen molar-refractivity contribution in [1.82, 2.24) is 4.90 Å². The van der Waals surface area contributed by atoms with Gasteiger partial charge in [-0.1, -0.05) is 6.07 Å². The summed E-state index contributed by atoms with van der Waals surface area (Å²) in [7, 11) is 0. The van der Waals surface area contributed by atoms with E-state index in [-0.39, 0.29) is 5.56 Å². The van der Waals surface area contributed by atoms with Gasteiger partial charge in [-0.15, -0.1) is 0 Å². The number of β-amino-alcohol motifs (C(OH)–C–C–N with tert-alkyl or cyclic N) is 1. The van der Waals surface area contributed by atoms with Crippen LogP contribution in [-0.2, 0) is 6.54 Å². The van der Waals surface area contributed by atoms with Gasteiger partial charge in [-0.3, -0.25) is 9.69 Å². The molecule has 0 aromatic heterocycles. The van der Waals surface area contributed by atoms with Gasteiger partial charge < -0.3 is 10.8 Å². The Balaban J connectivity index is 1.63. The standard InChI is InChI=1S/C14H17FN2O2/c15-12-5-9(13(16)18)1-2-10(12)6-17-7-14(19,8-17)11-3-4-11/h1-2,5,11,19H,3-4,6-8H2,(H2,16,18). The first-order valence-corrected chi connectivity index (χ1v) is 6.51. The first-order chi connectivity index (χ1) is 8.98. The van der Waals surface area contributed by atoms with Gasteiger partial charge in [-0.2, -0.15) is 0 Å². The van der Waals surface area contributed by atoms with Gasteiger partial charge in [0.1, 0.15) is 5.82 Å². The molecule has 1 aromatic rings. The first kappa shape index (κ1) is 12.6. The summed E-state index contributed by atoms with van der Waals surface area (Å²) in [4.78, 5) is 12.9. The van der Waals surface area contributed by atoms with Crippen LogP contribution < -0.4 is 5.73 Å². The Morgan fingerprint density at radius 2 is 2.16 bits per heavy atom. The number of nitrogens with zero attached hydrogens (tertiary/aromatic N) is 1. The monoisotopic (exact) mass is 264 g/mol. The second-order valence-corrected chi connectivity index (χ2v) is 5.69. The number of amides is 1. The van der Waals surface area contributed by atoms with E-state index in [4.69, 9.17) is 5.73 Å². The molecule has 3 rings (SSSR count). The largest absolute Gasteiger partial charge is 0.387 e. The molecule has 2 aliphatic rings. The second kappa shape index (κ2) is 4.28. The Kier molecular flexibility index (Phi) is 2.83.